The molecule has 0 aliphatic carbocycles. The number of fused-ring (bicyclic) bond motifs is 9. The molecule has 0 N–H and O–H groups in total. The Morgan fingerprint density at radius 2 is 1.23 bits per heavy atom. The van der Waals surface area contributed by atoms with E-state index in [0.717, 1.165) is 50.5 Å². The summed E-state index contributed by atoms with van der Waals surface area (Å²) in [5, 5.41) is 4.77. The standard InChI is InChI=1S/C36H21NO2S/c1-4-12-29-25(8-1)26-20-21-33-35(36(26)39-29)34-24(9-7-15-32(34)40-33)22-16-18-23(19-17-22)37-27-10-2-5-13-30(27)38-31-14-6-3-11-28(31)37/h1-21H. The lowest BCUT2D eigenvalue weighted by molar-refractivity contribution is 0.477. The number of hydrogen-bond acceptors (Lipinski definition) is 4. The molecule has 0 bridgehead atoms. The van der Waals surface area contributed by atoms with E-state index < -0.39 is 0 Å². The van der Waals surface area contributed by atoms with Crippen molar-refractivity contribution in [1.29, 1.82) is 0 Å². The maximum atomic E-state index is 6.48. The van der Waals surface area contributed by atoms with Gasteiger partial charge in [0.05, 0.1) is 11.4 Å². The van der Waals surface area contributed by atoms with Gasteiger partial charge >= 0.3 is 0 Å². The third-order valence-corrected chi connectivity index (χ3v) is 8.99. The van der Waals surface area contributed by atoms with Crippen molar-refractivity contribution < 1.29 is 9.15 Å². The van der Waals surface area contributed by atoms with Crippen LogP contribution in [0, 0.1) is 0 Å². The van der Waals surface area contributed by atoms with Crippen LogP contribution in [0.5, 0.6) is 11.5 Å². The molecule has 8 aromatic rings. The highest BCUT2D eigenvalue weighted by molar-refractivity contribution is 7.26. The van der Waals surface area contributed by atoms with E-state index in [1.165, 1.54) is 31.3 Å². The third-order valence-electron chi connectivity index (χ3n) is 7.87. The van der Waals surface area contributed by atoms with Crippen LogP contribution in [0.4, 0.5) is 17.1 Å². The van der Waals surface area contributed by atoms with Crippen molar-refractivity contribution >= 4 is 70.5 Å². The minimum absolute atomic E-state index is 0.856. The summed E-state index contributed by atoms with van der Waals surface area (Å²) < 4.78 is 15.2. The minimum atomic E-state index is 0.856. The van der Waals surface area contributed by atoms with Crippen molar-refractivity contribution in [3.8, 4) is 22.6 Å². The third kappa shape index (κ3) is 3.05. The Balaban J connectivity index is 1.24. The summed E-state index contributed by atoms with van der Waals surface area (Å²) in [5.41, 5.74) is 7.45. The van der Waals surface area contributed by atoms with E-state index >= 15 is 0 Å². The zero-order valence-electron chi connectivity index (χ0n) is 21.3. The summed E-state index contributed by atoms with van der Waals surface area (Å²) in [7, 11) is 0. The van der Waals surface area contributed by atoms with Gasteiger partial charge in [-0.1, -0.05) is 66.7 Å². The number of benzene rings is 6. The van der Waals surface area contributed by atoms with Crippen LogP contribution in [0.1, 0.15) is 0 Å². The fourth-order valence-corrected chi connectivity index (χ4v) is 7.23. The second-order valence-corrected chi connectivity index (χ2v) is 11.2. The largest absolute Gasteiger partial charge is 0.455 e. The number of anilines is 3. The van der Waals surface area contributed by atoms with Crippen molar-refractivity contribution in [2.24, 2.45) is 0 Å². The van der Waals surface area contributed by atoms with Gasteiger partial charge in [0, 0.05) is 36.6 Å². The van der Waals surface area contributed by atoms with Crippen molar-refractivity contribution in [2.75, 3.05) is 4.90 Å². The first-order chi connectivity index (χ1) is 19.8. The van der Waals surface area contributed by atoms with Gasteiger partial charge in [-0.25, -0.2) is 0 Å². The van der Waals surface area contributed by atoms with Gasteiger partial charge in [0.15, 0.2) is 11.5 Å². The summed E-state index contributed by atoms with van der Waals surface area (Å²) in [5.74, 6) is 1.71. The molecule has 1 aliphatic heterocycles. The van der Waals surface area contributed by atoms with E-state index in [0.29, 0.717) is 0 Å². The van der Waals surface area contributed by atoms with Gasteiger partial charge in [-0.2, -0.15) is 0 Å². The molecular weight excluding hydrogens is 510 g/mol. The van der Waals surface area contributed by atoms with Crippen LogP contribution >= 0.6 is 11.3 Å². The van der Waals surface area contributed by atoms with Crippen molar-refractivity contribution in [3.05, 3.63) is 127 Å². The molecule has 0 saturated carbocycles. The van der Waals surface area contributed by atoms with E-state index in [1.54, 1.807) is 0 Å². The molecule has 0 amide bonds. The molecule has 188 valence electrons. The number of nitrogens with zero attached hydrogens (tertiary/aromatic N) is 1. The van der Waals surface area contributed by atoms with Crippen molar-refractivity contribution in [1.82, 2.24) is 0 Å². The van der Waals surface area contributed by atoms with Gasteiger partial charge in [0.1, 0.15) is 11.2 Å². The highest BCUT2D eigenvalue weighted by atomic mass is 32.1. The molecule has 0 fully saturated rings. The van der Waals surface area contributed by atoms with E-state index in [2.05, 4.69) is 102 Å². The van der Waals surface area contributed by atoms with E-state index in [1.807, 2.05) is 41.7 Å². The van der Waals surface area contributed by atoms with Crippen LogP contribution in [0.15, 0.2) is 132 Å². The molecule has 2 aromatic heterocycles. The summed E-state index contributed by atoms with van der Waals surface area (Å²) in [6.45, 7) is 0. The van der Waals surface area contributed by atoms with Gasteiger partial charge in [0.2, 0.25) is 0 Å². The van der Waals surface area contributed by atoms with Gasteiger partial charge < -0.3 is 14.1 Å². The lowest BCUT2D eigenvalue weighted by Crippen LogP contribution is -2.15. The molecule has 1 aliphatic rings. The number of ether oxygens (including phenoxy) is 1. The van der Waals surface area contributed by atoms with Crippen molar-refractivity contribution in [3.63, 3.8) is 0 Å². The average molecular weight is 532 g/mol. The quantitative estimate of drug-likeness (QED) is 0.222. The molecular formula is C36H21NO2S. The molecule has 0 spiro atoms. The molecule has 6 aromatic carbocycles. The Morgan fingerprint density at radius 1 is 0.525 bits per heavy atom. The maximum absolute atomic E-state index is 6.48. The Hall–Kier alpha value is -5.06. The first kappa shape index (κ1) is 21.8. The average Bonchev–Trinajstić information content (AvgIpc) is 3.58. The van der Waals surface area contributed by atoms with E-state index in [4.69, 9.17) is 9.15 Å². The first-order valence-electron chi connectivity index (χ1n) is 13.4. The molecule has 9 rings (SSSR count). The normalized spacial score (nSPS) is 12.7. The fourth-order valence-electron chi connectivity index (χ4n) is 6.10. The number of hydrogen-bond donors (Lipinski definition) is 0. The van der Waals surface area contributed by atoms with Gasteiger partial charge in [0.25, 0.3) is 0 Å². The van der Waals surface area contributed by atoms with Crippen LogP contribution in [0.25, 0.3) is 53.2 Å². The van der Waals surface area contributed by atoms with Gasteiger partial charge in [-0.15, -0.1) is 11.3 Å². The molecule has 0 saturated heterocycles. The Labute approximate surface area is 234 Å². The summed E-state index contributed by atoms with van der Waals surface area (Å²) >= 11 is 1.82. The second kappa shape index (κ2) is 8.22. The molecule has 3 heterocycles. The molecule has 0 radical (unpaired) electrons. The zero-order valence-corrected chi connectivity index (χ0v) is 22.1. The zero-order chi connectivity index (χ0) is 26.2. The fraction of sp³-hybridized carbons (Fsp3) is 0. The monoisotopic (exact) mass is 531 g/mol. The van der Waals surface area contributed by atoms with E-state index in [9.17, 15) is 0 Å². The summed E-state index contributed by atoms with van der Waals surface area (Å²) in [4.78, 5) is 2.27. The Morgan fingerprint density at radius 3 is 2.02 bits per heavy atom. The lowest BCUT2D eigenvalue weighted by Gasteiger charge is -2.32. The molecule has 0 unspecified atom stereocenters. The van der Waals surface area contributed by atoms with Gasteiger partial charge in [-0.05, 0) is 71.8 Å². The number of furan rings is 1. The lowest BCUT2D eigenvalue weighted by atomic mass is 9.98. The highest BCUT2D eigenvalue weighted by Gasteiger charge is 2.25. The first-order valence-corrected chi connectivity index (χ1v) is 14.2. The Bertz CT molecular complexity index is 2210. The Kier molecular flexibility index (Phi) is 4.48. The predicted octanol–water partition coefficient (Wildman–Crippen LogP) is 11.2. The molecule has 0 atom stereocenters. The van der Waals surface area contributed by atoms with E-state index in [-0.39, 0.29) is 0 Å². The maximum Gasteiger partial charge on any atom is 0.151 e. The number of para-hydroxylation sites is 5. The highest BCUT2D eigenvalue weighted by Crippen LogP contribution is 2.51. The number of thiophene rings is 1. The molecule has 4 heteroatoms. The SMILES string of the molecule is c1ccc2c(c1)Oc1ccccc1N2c1ccc(-c2cccc3sc4ccc5c6ccccc6oc5c4c23)cc1. The second-order valence-electron chi connectivity index (χ2n) is 10.1. The van der Waals surface area contributed by atoms with Crippen molar-refractivity contribution in [2.45, 2.75) is 0 Å². The topological polar surface area (TPSA) is 25.6 Å². The van der Waals surface area contributed by atoms with Crippen LogP contribution < -0.4 is 9.64 Å². The molecule has 3 nitrogen and oxygen atoms in total. The number of rotatable bonds is 2. The van der Waals surface area contributed by atoms with Crippen LogP contribution in [0.2, 0.25) is 0 Å². The van der Waals surface area contributed by atoms with Crippen LogP contribution in [-0.4, -0.2) is 0 Å². The molecule has 40 heavy (non-hydrogen) atoms. The predicted molar refractivity (Wildman–Crippen MR) is 167 cm³/mol. The van der Waals surface area contributed by atoms with Crippen LogP contribution in [-0.2, 0) is 0 Å². The minimum Gasteiger partial charge on any atom is -0.455 e. The summed E-state index contributed by atoms with van der Waals surface area (Å²) in [6.07, 6.45) is 0. The van der Waals surface area contributed by atoms with Crippen LogP contribution in [0.3, 0.4) is 0 Å². The van der Waals surface area contributed by atoms with Gasteiger partial charge in [-0.3, -0.25) is 0 Å². The summed E-state index contributed by atoms with van der Waals surface area (Å²) in [6, 6.07) is 44.6. The smallest absolute Gasteiger partial charge is 0.151 e.